The molecule has 0 aliphatic rings. The molecule has 0 bridgehead atoms. The van der Waals surface area contributed by atoms with Crippen molar-refractivity contribution >= 4 is 93.7 Å². The minimum Gasteiger partial charge on any atom is -0.311 e. The fourth-order valence-corrected chi connectivity index (χ4v) is 7.12. The van der Waals surface area contributed by atoms with Crippen LogP contribution >= 0.6 is 22.7 Å². The summed E-state index contributed by atoms with van der Waals surface area (Å²) in [5.74, 6) is 0. The van der Waals surface area contributed by atoms with Crippen LogP contribution in [0.4, 0.5) is 34.1 Å². The molecular weight excluding hydrogens is 653 g/mol. The number of aldehydes is 2. The van der Waals surface area contributed by atoms with Gasteiger partial charge in [-0.15, -0.1) is 22.7 Å². The molecule has 6 heteroatoms. The van der Waals surface area contributed by atoms with E-state index in [2.05, 4.69) is 143 Å². The second-order valence-corrected chi connectivity index (χ2v) is 13.7. The Bertz CT molecular complexity index is 2070. The van der Waals surface area contributed by atoms with Crippen LogP contribution in [0.1, 0.15) is 40.2 Å². The Hall–Kier alpha value is -6.08. The van der Waals surface area contributed by atoms with Crippen molar-refractivity contribution in [2.45, 2.75) is 0 Å². The molecule has 2 aromatic heterocycles. The molecule has 0 atom stereocenters. The average molecular weight is 685 g/mol. The predicted molar refractivity (Wildman–Crippen MR) is 213 cm³/mol. The number of carbonyl (C=O) groups excluding carboxylic acids is 2. The topological polar surface area (TPSA) is 40.6 Å². The maximum atomic E-state index is 11.1. The number of benzene rings is 5. The zero-order valence-electron chi connectivity index (χ0n) is 27.0. The molecule has 50 heavy (non-hydrogen) atoms. The maximum Gasteiger partial charge on any atom is 0.160 e. The normalized spacial score (nSPS) is 11.2. The van der Waals surface area contributed by atoms with Crippen LogP contribution in [0.5, 0.6) is 0 Å². The maximum absolute atomic E-state index is 11.1. The van der Waals surface area contributed by atoms with E-state index < -0.39 is 0 Å². The van der Waals surface area contributed by atoms with Crippen molar-refractivity contribution in [2.24, 2.45) is 0 Å². The minimum atomic E-state index is 0.726. The van der Waals surface area contributed by atoms with E-state index in [1.807, 2.05) is 48.6 Å². The Labute approximate surface area is 300 Å². The monoisotopic (exact) mass is 684 g/mol. The summed E-state index contributed by atoms with van der Waals surface area (Å²) in [5, 5.41) is 0. The SMILES string of the molecule is O=Cc1ccc(/C=C/c2ccc(N(c3ccccc3)c3ccc(N(c4ccccc4)c4ccc(/C=C/c5ccc(C=O)s5)cc4)cc3)cc2)s1. The molecule has 0 unspecified atom stereocenters. The van der Waals surface area contributed by atoms with Gasteiger partial charge in [-0.1, -0.05) is 72.8 Å². The molecule has 0 fully saturated rings. The van der Waals surface area contributed by atoms with Crippen molar-refractivity contribution in [3.63, 3.8) is 0 Å². The van der Waals surface area contributed by atoms with E-state index >= 15 is 0 Å². The van der Waals surface area contributed by atoms with Crippen LogP contribution in [0.3, 0.4) is 0 Å². The molecule has 0 saturated heterocycles. The average Bonchev–Trinajstić information content (AvgIpc) is 3.86. The Balaban J connectivity index is 1.17. The molecule has 0 radical (unpaired) electrons. The van der Waals surface area contributed by atoms with Gasteiger partial charge in [-0.25, -0.2) is 0 Å². The van der Waals surface area contributed by atoms with E-state index in [0.717, 1.165) is 77.3 Å². The van der Waals surface area contributed by atoms with Gasteiger partial charge in [0.15, 0.2) is 12.6 Å². The van der Waals surface area contributed by atoms with Gasteiger partial charge in [0.2, 0.25) is 0 Å². The predicted octanol–water partition coefficient (Wildman–Crippen LogP) is 12.7. The summed E-state index contributed by atoms with van der Waals surface area (Å²) < 4.78 is 0. The van der Waals surface area contributed by atoms with Crippen LogP contribution in [0.2, 0.25) is 0 Å². The minimum absolute atomic E-state index is 0.726. The standard InChI is InChI=1S/C44H32N2O2S2/c47-31-43-29-27-41(49-43)25-15-33-11-17-37(18-12-33)45(35-7-3-1-4-8-35)39-21-23-40(24-22-39)46(36-9-5-2-6-10-36)38-19-13-34(14-20-38)16-26-42-28-30-44(32-48)50-42/h1-32H/b25-15+,26-16+. The summed E-state index contributed by atoms with van der Waals surface area (Å²) >= 11 is 2.96. The Morgan fingerprint density at radius 3 is 0.940 bits per heavy atom. The first kappa shape index (κ1) is 32.5. The number of para-hydroxylation sites is 2. The highest BCUT2D eigenvalue weighted by molar-refractivity contribution is 7.14. The van der Waals surface area contributed by atoms with E-state index in [1.54, 1.807) is 0 Å². The summed E-state index contributed by atoms with van der Waals surface area (Å²) in [4.78, 5) is 30.2. The first-order chi connectivity index (χ1) is 24.7. The molecule has 0 saturated carbocycles. The molecule has 0 aliphatic carbocycles. The number of hydrogen-bond acceptors (Lipinski definition) is 6. The lowest BCUT2D eigenvalue weighted by Crippen LogP contribution is -2.12. The van der Waals surface area contributed by atoms with Gasteiger partial charge < -0.3 is 9.80 Å². The summed E-state index contributed by atoms with van der Waals surface area (Å²) in [5.41, 5.74) is 8.48. The largest absolute Gasteiger partial charge is 0.311 e. The molecule has 0 amide bonds. The number of rotatable bonds is 12. The summed E-state index contributed by atoms with van der Waals surface area (Å²) in [6.07, 6.45) is 10.00. The van der Waals surface area contributed by atoms with Gasteiger partial charge in [0.25, 0.3) is 0 Å². The highest BCUT2D eigenvalue weighted by atomic mass is 32.1. The number of hydrogen-bond donors (Lipinski definition) is 0. The van der Waals surface area contributed by atoms with Gasteiger partial charge in [-0.3, -0.25) is 9.59 Å². The van der Waals surface area contributed by atoms with E-state index in [-0.39, 0.29) is 0 Å². The third kappa shape index (κ3) is 7.63. The lowest BCUT2D eigenvalue weighted by molar-refractivity contribution is 0.111. The molecule has 4 nitrogen and oxygen atoms in total. The summed E-state index contributed by atoms with van der Waals surface area (Å²) in [6, 6.07) is 54.1. The molecule has 5 aromatic carbocycles. The third-order valence-corrected chi connectivity index (χ3v) is 10.1. The molecule has 0 aliphatic heterocycles. The van der Waals surface area contributed by atoms with Gasteiger partial charge in [0, 0.05) is 43.9 Å². The molecule has 7 aromatic rings. The van der Waals surface area contributed by atoms with E-state index in [9.17, 15) is 9.59 Å². The van der Waals surface area contributed by atoms with Gasteiger partial charge >= 0.3 is 0 Å². The number of carbonyl (C=O) groups is 2. The molecule has 0 spiro atoms. The number of thiophene rings is 2. The summed E-state index contributed by atoms with van der Waals surface area (Å²) in [7, 11) is 0. The van der Waals surface area contributed by atoms with Crippen molar-refractivity contribution < 1.29 is 9.59 Å². The van der Waals surface area contributed by atoms with Gasteiger partial charge in [0.1, 0.15) is 0 Å². The van der Waals surface area contributed by atoms with Crippen LogP contribution in [0, 0.1) is 0 Å². The Morgan fingerprint density at radius 1 is 0.320 bits per heavy atom. The van der Waals surface area contributed by atoms with Crippen molar-refractivity contribution in [3.05, 3.63) is 188 Å². The molecule has 2 heterocycles. The van der Waals surface area contributed by atoms with Gasteiger partial charge in [0.05, 0.1) is 9.75 Å². The molecular formula is C44H32N2O2S2. The zero-order valence-corrected chi connectivity index (χ0v) is 28.6. The number of nitrogens with zero attached hydrogens (tertiary/aromatic N) is 2. The molecule has 242 valence electrons. The van der Waals surface area contributed by atoms with Crippen molar-refractivity contribution in [1.82, 2.24) is 0 Å². The lowest BCUT2D eigenvalue weighted by Gasteiger charge is -2.28. The lowest BCUT2D eigenvalue weighted by atomic mass is 10.1. The van der Waals surface area contributed by atoms with Crippen LogP contribution in [0.15, 0.2) is 158 Å². The van der Waals surface area contributed by atoms with Gasteiger partial charge in [-0.2, -0.15) is 0 Å². The van der Waals surface area contributed by atoms with Crippen LogP contribution in [-0.4, -0.2) is 12.6 Å². The number of anilines is 6. The van der Waals surface area contributed by atoms with E-state index in [4.69, 9.17) is 0 Å². The fourth-order valence-electron chi connectivity index (χ4n) is 5.67. The second-order valence-electron chi connectivity index (χ2n) is 11.4. The highest BCUT2D eigenvalue weighted by Crippen LogP contribution is 2.39. The van der Waals surface area contributed by atoms with Crippen molar-refractivity contribution in [3.8, 4) is 0 Å². The summed E-state index contributed by atoms with van der Waals surface area (Å²) in [6.45, 7) is 0. The Kier molecular flexibility index (Phi) is 10.0. The van der Waals surface area contributed by atoms with Crippen LogP contribution < -0.4 is 9.80 Å². The smallest absolute Gasteiger partial charge is 0.160 e. The van der Waals surface area contributed by atoms with Crippen LogP contribution in [-0.2, 0) is 0 Å². The second kappa shape index (κ2) is 15.4. The highest BCUT2D eigenvalue weighted by Gasteiger charge is 2.16. The molecule has 7 rings (SSSR count). The Morgan fingerprint density at radius 2 is 0.620 bits per heavy atom. The first-order valence-corrected chi connectivity index (χ1v) is 17.8. The van der Waals surface area contributed by atoms with Crippen LogP contribution in [0.25, 0.3) is 24.3 Å². The zero-order chi connectivity index (χ0) is 34.1. The van der Waals surface area contributed by atoms with E-state index in [1.165, 1.54) is 22.7 Å². The third-order valence-electron chi connectivity index (χ3n) is 8.11. The quantitative estimate of drug-likeness (QED) is 0.120. The molecule has 0 N–H and O–H groups in total. The van der Waals surface area contributed by atoms with Crippen molar-refractivity contribution in [1.29, 1.82) is 0 Å². The first-order valence-electron chi connectivity index (χ1n) is 16.1. The van der Waals surface area contributed by atoms with E-state index in [0.29, 0.717) is 0 Å². The fraction of sp³-hybridized carbons (Fsp3) is 0. The van der Waals surface area contributed by atoms with Crippen molar-refractivity contribution in [2.75, 3.05) is 9.80 Å². The van der Waals surface area contributed by atoms with Gasteiger partial charge in [-0.05, 0) is 120 Å².